The Morgan fingerprint density at radius 1 is 1.35 bits per heavy atom. The van der Waals surface area contributed by atoms with Crippen molar-refractivity contribution in [3.63, 3.8) is 0 Å². The molecule has 1 heterocycles. The third-order valence-electron chi connectivity index (χ3n) is 4.02. The lowest BCUT2D eigenvalue weighted by Gasteiger charge is -2.27. The third-order valence-corrected chi connectivity index (χ3v) is 6.32. The Morgan fingerprint density at radius 3 is 2.82 bits per heavy atom. The van der Waals surface area contributed by atoms with E-state index in [1.807, 2.05) is 11.3 Å². The van der Waals surface area contributed by atoms with Crippen LogP contribution in [0.25, 0.3) is 10.1 Å². The first-order valence-electron chi connectivity index (χ1n) is 6.24. The van der Waals surface area contributed by atoms with Crippen LogP contribution < -0.4 is 0 Å². The van der Waals surface area contributed by atoms with Crippen LogP contribution in [0.15, 0.2) is 29.6 Å². The van der Waals surface area contributed by atoms with E-state index in [0.717, 1.165) is 11.2 Å². The van der Waals surface area contributed by atoms with Gasteiger partial charge in [-0.1, -0.05) is 41.1 Å². The summed E-state index contributed by atoms with van der Waals surface area (Å²) >= 11 is 5.61. The minimum atomic E-state index is 0.448. The summed E-state index contributed by atoms with van der Waals surface area (Å²) in [6, 6.07) is 8.78. The van der Waals surface area contributed by atoms with Crippen LogP contribution in [0.2, 0.25) is 0 Å². The average molecular weight is 309 g/mol. The average Bonchev–Trinajstić information content (AvgIpc) is 3.14. The second-order valence-corrected chi connectivity index (χ2v) is 6.97. The molecule has 0 N–H and O–H groups in total. The second kappa shape index (κ2) is 4.40. The van der Waals surface area contributed by atoms with Gasteiger partial charge in [-0.2, -0.15) is 0 Å². The van der Waals surface area contributed by atoms with Crippen LogP contribution in [0.4, 0.5) is 0 Å². The summed E-state index contributed by atoms with van der Waals surface area (Å²) in [6.45, 7) is 2.44. The Balaban J connectivity index is 1.94. The molecule has 0 saturated heterocycles. The maximum Gasteiger partial charge on any atom is 0.0345 e. The zero-order valence-electron chi connectivity index (χ0n) is 10.1. The van der Waals surface area contributed by atoms with Gasteiger partial charge in [0.05, 0.1) is 0 Å². The molecule has 2 heteroatoms. The number of halogens is 1. The highest BCUT2D eigenvalue weighted by atomic mass is 79.9. The molecular formula is C15H17BrS. The first kappa shape index (κ1) is 11.7. The van der Waals surface area contributed by atoms with Crippen LogP contribution in [0.1, 0.15) is 25.3 Å². The van der Waals surface area contributed by atoms with Gasteiger partial charge in [-0.05, 0) is 53.0 Å². The molecule has 1 aliphatic carbocycles. The van der Waals surface area contributed by atoms with E-state index in [1.54, 1.807) is 5.56 Å². The van der Waals surface area contributed by atoms with E-state index >= 15 is 0 Å². The Morgan fingerprint density at radius 2 is 2.12 bits per heavy atom. The zero-order valence-corrected chi connectivity index (χ0v) is 12.5. The number of alkyl halides is 1. The molecule has 0 bridgehead atoms. The van der Waals surface area contributed by atoms with E-state index in [0.29, 0.717) is 5.41 Å². The second-order valence-electron chi connectivity index (χ2n) is 5.50. The van der Waals surface area contributed by atoms with Crippen molar-refractivity contribution in [3.05, 3.63) is 35.2 Å². The highest BCUT2D eigenvalue weighted by molar-refractivity contribution is 9.09. The number of thiophene rings is 1. The van der Waals surface area contributed by atoms with Gasteiger partial charge in [0.1, 0.15) is 0 Å². The quantitative estimate of drug-likeness (QED) is 0.676. The Bertz CT molecular complexity index is 526. The summed E-state index contributed by atoms with van der Waals surface area (Å²) in [5.74, 6) is 0.931. The minimum absolute atomic E-state index is 0.448. The summed E-state index contributed by atoms with van der Waals surface area (Å²) in [4.78, 5) is 0. The van der Waals surface area contributed by atoms with Crippen LogP contribution in [-0.4, -0.2) is 5.33 Å². The van der Waals surface area contributed by atoms with Gasteiger partial charge in [-0.15, -0.1) is 11.3 Å². The normalized spacial score (nSPS) is 19.4. The van der Waals surface area contributed by atoms with Crippen LogP contribution in [0.3, 0.4) is 0 Å². The van der Waals surface area contributed by atoms with Crippen molar-refractivity contribution in [3.8, 4) is 0 Å². The fourth-order valence-electron chi connectivity index (χ4n) is 2.69. The summed E-state index contributed by atoms with van der Waals surface area (Å²) < 4.78 is 1.43. The van der Waals surface area contributed by atoms with E-state index in [1.165, 1.54) is 29.3 Å². The summed E-state index contributed by atoms with van der Waals surface area (Å²) in [5, 5.41) is 4.94. The van der Waals surface area contributed by atoms with Gasteiger partial charge in [0.15, 0.2) is 0 Å². The van der Waals surface area contributed by atoms with Crippen molar-refractivity contribution in [2.45, 2.75) is 26.2 Å². The molecule has 1 unspecified atom stereocenters. The molecule has 0 spiro atoms. The molecule has 0 nitrogen and oxygen atoms in total. The van der Waals surface area contributed by atoms with Crippen molar-refractivity contribution in [1.29, 1.82) is 0 Å². The summed E-state index contributed by atoms with van der Waals surface area (Å²) in [5.41, 5.74) is 1.99. The SMILES string of the molecule is CC(CBr)(Cc1csc2ccccc12)C1CC1. The van der Waals surface area contributed by atoms with Gasteiger partial charge >= 0.3 is 0 Å². The lowest BCUT2D eigenvalue weighted by atomic mass is 9.81. The number of benzene rings is 1. The number of hydrogen-bond acceptors (Lipinski definition) is 1. The molecule has 1 atom stereocenters. The molecule has 1 aliphatic rings. The molecule has 0 amide bonds. The Labute approximate surface area is 115 Å². The Kier molecular flexibility index (Phi) is 3.04. The van der Waals surface area contributed by atoms with Gasteiger partial charge < -0.3 is 0 Å². The molecule has 1 aromatic heterocycles. The summed E-state index contributed by atoms with van der Waals surface area (Å²) in [7, 11) is 0. The first-order chi connectivity index (χ1) is 8.23. The maximum atomic E-state index is 3.73. The maximum absolute atomic E-state index is 3.73. The molecular weight excluding hydrogens is 292 g/mol. The van der Waals surface area contributed by atoms with Gasteiger partial charge in [0, 0.05) is 10.0 Å². The smallest absolute Gasteiger partial charge is 0.0345 e. The highest BCUT2D eigenvalue weighted by Gasteiger charge is 2.40. The molecule has 1 aromatic carbocycles. The van der Waals surface area contributed by atoms with E-state index < -0.39 is 0 Å². The predicted octanol–water partition coefficient (Wildman–Crippen LogP) is 5.26. The van der Waals surface area contributed by atoms with Crippen molar-refractivity contribution in [1.82, 2.24) is 0 Å². The van der Waals surface area contributed by atoms with Gasteiger partial charge in [-0.3, -0.25) is 0 Å². The lowest BCUT2D eigenvalue weighted by molar-refractivity contribution is 0.320. The van der Waals surface area contributed by atoms with E-state index in [9.17, 15) is 0 Å². The molecule has 1 saturated carbocycles. The topological polar surface area (TPSA) is 0 Å². The monoisotopic (exact) mass is 308 g/mol. The molecule has 0 radical (unpaired) electrons. The molecule has 17 heavy (non-hydrogen) atoms. The van der Waals surface area contributed by atoms with Gasteiger partial charge in [0.2, 0.25) is 0 Å². The fourth-order valence-corrected chi connectivity index (χ4v) is 4.30. The number of rotatable bonds is 4. The predicted molar refractivity (Wildman–Crippen MR) is 80.2 cm³/mol. The third kappa shape index (κ3) is 2.17. The first-order valence-corrected chi connectivity index (χ1v) is 8.24. The lowest BCUT2D eigenvalue weighted by Crippen LogP contribution is -2.23. The van der Waals surface area contributed by atoms with E-state index in [4.69, 9.17) is 0 Å². The van der Waals surface area contributed by atoms with Gasteiger partial charge in [0.25, 0.3) is 0 Å². The fraction of sp³-hybridized carbons (Fsp3) is 0.467. The highest BCUT2D eigenvalue weighted by Crippen LogP contribution is 2.49. The number of hydrogen-bond donors (Lipinski definition) is 0. The zero-order chi connectivity index (χ0) is 11.9. The molecule has 3 rings (SSSR count). The standard InChI is InChI=1S/C15H17BrS/c1-15(10-16,12-6-7-12)8-11-9-17-14-5-3-2-4-13(11)14/h2-5,9,12H,6-8,10H2,1H3. The number of fused-ring (bicyclic) bond motifs is 1. The van der Waals surface area contributed by atoms with Crippen LogP contribution in [0.5, 0.6) is 0 Å². The Hall–Kier alpha value is -0.340. The minimum Gasteiger partial charge on any atom is -0.144 e. The molecule has 90 valence electrons. The van der Waals surface area contributed by atoms with Crippen molar-refractivity contribution in [2.24, 2.45) is 11.3 Å². The van der Waals surface area contributed by atoms with E-state index in [2.05, 4.69) is 52.5 Å². The van der Waals surface area contributed by atoms with E-state index in [-0.39, 0.29) is 0 Å². The molecule has 1 fully saturated rings. The molecule has 2 aromatic rings. The molecule has 0 aliphatic heterocycles. The van der Waals surface area contributed by atoms with Crippen molar-refractivity contribution >= 4 is 37.4 Å². The van der Waals surface area contributed by atoms with Crippen molar-refractivity contribution < 1.29 is 0 Å². The summed E-state index contributed by atoms with van der Waals surface area (Å²) in [6.07, 6.45) is 4.06. The van der Waals surface area contributed by atoms with Crippen LogP contribution >= 0.6 is 27.3 Å². The van der Waals surface area contributed by atoms with Crippen LogP contribution in [-0.2, 0) is 6.42 Å². The largest absolute Gasteiger partial charge is 0.144 e. The van der Waals surface area contributed by atoms with Crippen molar-refractivity contribution in [2.75, 3.05) is 5.33 Å². The van der Waals surface area contributed by atoms with Crippen LogP contribution in [0, 0.1) is 11.3 Å². The van der Waals surface area contributed by atoms with Gasteiger partial charge in [-0.25, -0.2) is 0 Å².